The number of carbonyl (C=O) groups is 3. The topological polar surface area (TPSA) is 231 Å². The van der Waals surface area contributed by atoms with Crippen LogP contribution in [-0.4, -0.2) is 95.9 Å². The van der Waals surface area contributed by atoms with Gasteiger partial charge in [-0.3, -0.25) is 32.5 Å². The molecule has 0 bridgehead atoms. The third-order valence-corrected chi connectivity index (χ3v) is 19.9. The number of unbranched alkanes of at least 4 members (excludes halogenated alkanes) is 25. The van der Waals surface area contributed by atoms with Crippen LogP contribution in [0.15, 0.2) is 207 Å². The van der Waals surface area contributed by atoms with Gasteiger partial charge in [0.15, 0.2) is 6.10 Å². The number of aliphatic hydroxyl groups excluding tert-OH is 2. The second-order valence-electron chi connectivity index (χ2n) is 28.9. The van der Waals surface area contributed by atoms with E-state index in [1.807, 2.05) is 0 Å². The van der Waals surface area contributed by atoms with Crippen LogP contribution in [0.2, 0.25) is 0 Å². The zero-order valence-electron chi connectivity index (χ0n) is 71.6. The molecule has 0 aliphatic heterocycles. The molecule has 0 spiro atoms. The molecule has 0 amide bonds. The van der Waals surface area contributed by atoms with Crippen molar-refractivity contribution in [2.75, 3.05) is 39.6 Å². The molecule has 5 atom stereocenters. The Morgan fingerprint density at radius 1 is 0.243 bits per heavy atom. The molecular weight excluding hydrogens is 1480 g/mol. The van der Waals surface area contributed by atoms with E-state index in [-0.39, 0.29) is 19.3 Å². The van der Waals surface area contributed by atoms with Crippen LogP contribution in [0.4, 0.5) is 0 Å². The number of allylic oxidation sites excluding steroid dienone is 34. The summed E-state index contributed by atoms with van der Waals surface area (Å²) in [5.41, 5.74) is 0. The van der Waals surface area contributed by atoms with Gasteiger partial charge in [0, 0.05) is 19.3 Å². The number of ether oxygens (including phenoxy) is 3. The van der Waals surface area contributed by atoms with Crippen molar-refractivity contribution < 1.29 is 75.8 Å². The van der Waals surface area contributed by atoms with Crippen molar-refractivity contribution in [2.45, 2.75) is 347 Å². The Morgan fingerprint density at radius 2 is 0.435 bits per heavy atom. The minimum Gasteiger partial charge on any atom is -0.463 e. The van der Waals surface area contributed by atoms with Crippen molar-refractivity contribution in [1.29, 1.82) is 0 Å². The van der Waals surface area contributed by atoms with Crippen molar-refractivity contribution in [3.63, 3.8) is 0 Å². The number of hydrogen-bond acceptors (Lipinski definition) is 14. The van der Waals surface area contributed by atoms with Crippen molar-refractivity contribution >= 4 is 33.6 Å². The molecule has 0 aromatic carbocycles. The zero-order chi connectivity index (χ0) is 83.6. The molecule has 0 heterocycles. The lowest BCUT2D eigenvalue weighted by Crippen LogP contribution is -2.30. The minimum atomic E-state index is -4.96. The predicted octanol–water partition coefficient (Wildman–Crippen LogP) is 27.2. The number of rotatable bonds is 82. The predicted molar refractivity (Wildman–Crippen MR) is 481 cm³/mol. The lowest BCUT2D eigenvalue weighted by atomic mass is 10.0. The van der Waals surface area contributed by atoms with Crippen LogP contribution in [0, 0.1) is 0 Å². The molecule has 0 fully saturated rings. The number of aliphatic hydroxyl groups is 2. The maximum Gasteiger partial charge on any atom is 0.472 e. The van der Waals surface area contributed by atoms with Gasteiger partial charge in [0.1, 0.15) is 25.4 Å². The van der Waals surface area contributed by atoms with Gasteiger partial charge in [0.2, 0.25) is 0 Å². The molecule has 115 heavy (non-hydrogen) atoms. The van der Waals surface area contributed by atoms with Gasteiger partial charge < -0.3 is 34.2 Å². The molecule has 0 radical (unpaired) electrons. The summed E-state index contributed by atoms with van der Waals surface area (Å²) in [5, 5.41) is 20.7. The Bertz CT molecular complexity index is 2920. The molecule has 4 N–H and O–H groups in total. The maximum atomic E-state index is 13.1. The number of carbonyl (C=O) groups excluding carboxylic acids is 3. The average Bonchev–Trinajstić information content (AvgIpc) is 0.906. The van der Waals surface area contributed by atoms with E-state index in [4.69, 9.17) is 32.3 Å². The molecule has 0 rings (SSSR count). The van der Waals surface area contributed by atoms with Crippen molar-refractivity contribution in [2.24, 2.45) is 0 Å². The van der Waals surface area contributed by atoms with E-state index in [9.17, 15) is 43.5 Å². The fourth-order valence-corrected chi connectivity index (χ4v) is 13.0. The van der Waals surface area contributed by atoms with E-state index in [1.165, 1.54) is 70.6 Å². The maximum absolute atomic E-state index is 13.1. The van der Waals surface area contributed by atoms with E-state index < -0.39 is 91.5 Å². The van der Waals surface area contributed by atoms with Gasteiger partial charge in [-0.05, 0) is 167 Å². The SMILES string of the molecule is CC/C=C\C/C=C\C/C=C\C/C=C\C/C=C\C/C=C\CCCCCCCCCCCCC(=O)OCC(O)COP(=O)(O)OCC(O)COP(=O)(O)OCC(COC(=O)CCCCCCCCCCCCC/C=C\C/C=C\C/C=C\C/C=C\C/C=C\CC)OC(=O)CCCCCC/C=C\C/C=C\C/C=C\C/C=C\C/C=C\C/C=C\CC. The van der Waals surface area contributed by atoms with Crippen molar-refractivity contribution in [3.05, 3.63) is 207 Å². The first-order valence-electron chi connectivity index (χ1n) is 44.4. The normalized spacial score (nSPS) is 14.8. The highest BCUT2D eigenvalue weighted by Crippen LogP contribution is 2.45. The Kier molecular flexibility index (Phi) is 83.0. The highest BCUT2D eigenvalue weighted by molar-refractivity contribution is 7.47. The summed E-state index contributed by atoms with van der Waals surface area (Å²) < 4.78 is 61.4. The molecule has 0 aromatic rings. The van der Waals surface area contributed by atoms with Crippen molar-refractivity contribution in [1.82, 2.24) is 0 Å². The summed E-state index contributed by atoms with van der Waals surface area (Å²) in [6.45, 7) is 2.31. The molecule has 0 aromatic heterocycles. The molecule has 18 heteroatoms. The van der Waals surface area contributed by atoms with Crippen LogP contribution >= 0.6 is 15.6 Å². The molecule has 0 aliphatic rings. The summed E-state index contributed by atoms with van der Waals surface area (Å²) in [5.74, 6) is -1.62. The second-order valence-corrected chi connectivity index (χ2v) is 31.8. The van der Waals surface area contributed by atoms with E-state index >= 15 is 0 Å². The number of phosphoric acid groups is 2. The Morgan fingerprint density at radius 3 is 0.687 bits per heavy atom. The van der Waals surface area contributed by atoms with Crippen LogP contribution in [0.5, 0.6) is 0 Å². The van der Waals surface area contributed by atoms with E-state index in [1.54, 1.807) is 0 Å². The van der Waals surface area contributed by atoms with Crippen LogP contribution in [0.25, 0.3) is 0 Å². The Labute approximate surface area is 699 Å². The van der Waals surface area contributed by atoms with E-state index in [0.29, 0.717) is 19.3 Å². The fourth-order valence-electron chi connectivity index (χ4n) is 11.4. The summed E-state index contributed by atoms with van der Waals surface area (Å²) in [6, 6.07) is 0. The second kappa shape index (κ2) is 87.4. The Hall–Kier alpha value is -5.87. The zero-order valence-corrected chi connectivity index (χ0v) is 73.4. The number of hydrogen-bond donors (Lipinski definition) is 4. The van der Waals surface area contributed by atoms with Gasteiger partial charge >= 0.3 is 33.6 Å². The van der Waals surface area contributed by atoms with Gasteiger partial charge in [0.25, 0.3) is 0 Å². The lowest BCUT2D eigenvalue weighted by molar-refractivity contribution is -0.161. The van der Waals surface area contributed by atoms with E-state index in [0.717, 1.165) is 199 Å². The fraction of sp³-hybridized carbons (Fsp3) is 0.619. The van der Waals surface area contributed by atoms with E-state index in [2.05, 4.69) is 227 Å². The Balaban J connectivity index is 4.70. The van der Waals surface area contributed by atoms with Gasteiger partial charge in [-0.1, -0.05) is 349 Å². The lowest BCUT2D eigenvalue weighted by Gasteiger charge is -2.21. The highest BCUT2D eigenvalue weighted by Gasteiger charge is 2.29. The quantitative estimate of drug-likeness (QED) is 0.0146. The molecule has 5 unspecified atom stereocenters. The molecule has 0 saturated carbocycles. The first-order chi connectivity index (χ1) is 56.2. The summed E-state index contributed by atoms with van der Waals surface area (Å²) >= 11 is 0. The molecule has 16 nitrogen and oxygen atoms in total. The number of esters is 3. The molecular formula is C97H158O16P2. The van der Waals surface area contributed by atoms with Gasteiger partial charge in [-0.15, -0.1) is 0 Å². The molecule has 0 saturated heterocycles. The van der Waals surface area contributed by atoms with Gasteiger partial charge in [-0.2, -0.15) is 0 Å². The van der Waals surface area contributed by atoms with Crippen LogP contribution < -0.4 is 0 Å². The summed E-state index contributed by atoms with van der Waals surface area (Å²) in [7, 11) is -9.83. The summed E-state index contributed by atoms with van der Waals surface area (Å²) in [6.07, 6.45) is 117. The van der Waals surface area contributed by atoms with Crippen LogP contribution in [0.3, 0.4) is 0 Å². The monoisotopic (exact) mass is 1640 g/mol. The largest absolute Gasteiger partial charge is 0.472 e. The first kappa shape index (κ1) is 109. The van der Waals surface area contributed by atoms with Crippen molar-refractivity contribution in [3.8, 4) is 0 Å². The average molecular weight is 1640 g/mol. The van der Waals surface area contributed by atoms with Gasteiger partial charge in [-0.25, -0.2) is 9.13 Å². The third kappa shape index (κ3) is 88.8. The van der Waals surface area contributed by atoms with Gasteiger partial charge in [0.05, 0.1) is 26.4 Å². The number of phosphoric ester groups is 2. The highest BCUT2D eigenvalue weighted by atomic mass is 31.2. The summed E-state index contributed by atoms with van der Waals surface area (Å²) in [4.78, 5) is 59.0. The standard InChI is InChI=1S/C97H158O16P2/c1-4-7-10-13-16-19-22-25-28-31-34-37-40-42-44-45-47-49-51-53-56-59-62-65-68-71-74-77-80-83-95(100)107-86-92(98)87-109-114(103,104)110-88-93(99)89-111-115(105,106)112-91-94(113-97(102)85-82-79-76-73-70-67-64-61-58-55-50-39-36-33-30-27-24-21-18-15-12-9-6-3)90-108-96(101)84-81-78-75-72-69-66-63-60-57-54-52-48-46-43-41-38-35-32-29-26-23-20-17-14-11-8-5-2/h7-12,16-21,25-30,34-39,42-44,46-47,49,55,58,64,67,92-94,98-99H,4-6,13-15,22-24,31-33,40-41,45,48,50-54,56-57,59-63,65-66,68-91H2,1-3H3,(H,103,104)(H,105,106)/b10-7-,11-8-,12-9-,19-16-,20-17-,21-18-,28-25-,29-26-,30-27-,37-34-,38-35-,39-36-,44-42-,46-43-,49-47-,58-55-,67-64-. The minimum absolute atomic E-state index is 0.0664. The van der Waals surface area contributed by atoms with Crippen LogP contribution in [0.1, 0.15) is 329 Å². The third-order valence-electron chi connectivity index (χ3n) is 18.0. The smallest absolute Gasteiger partial charge is 0.463 e. The van der Waals surface area contributed by atoms with Crippen LogP contribution in [-0.2, 0) is 55.8 Å². The first-order valence-corrected chi connectivity index (χ1v) is 47.4. The molecule has 652 valence electrons. The molecule has 0 aliphatic carbocycles.